The van der Waals surface area contributed by atoms with Crippen LogP contribution in [0.15, 0.2) is 34.9 Å². The van der Waals surface area contributed by atoms with E-state index >= 15 is 0 Å². The molecule has 190 valence electrons. The van der Waals surface area contributed by atoms with E-state index in [4.69, 9.17) is 5.11 Å². The number of aliphatic hydroxyl groups excluding tert-OH is 2. The lowest BCUT2D eigenvalue weighted by Crippen LogP contribution is -2.60. The van der Waals surface area contributed by atoms with E-state index in [1.165, 1.54) is 11.1 Å². The highest BCUT2D eigenvalue weighted by Gasteiger charge is 2.59. The van der Waals surface area contributed by atoms with Crippen LogP contribution in [0, 0.1) is 22.7 Å². The van der Waals surface area contributed by atoms with Gasteiger partial charge < -0.3 is 15.3 Å². The van der Waals surface area contributed by atoms with Crippen LogP contribution < -0.4 is 0 Å². The largest absolute Gasteiger partial charge is 0.393 e. The molecule has 0 saturated heterocycles. The van der Waals surface area contributed by atoms with Gasteiger partial charge in [-0.05, 0) is 115 Å². The van der Waals surface area contributed by atoms with Gasteiger partial charge in [-0.1, -0.05) is 55.7 Å². The van der Waals surface area contributed by atoms with Gasteiger partial charge in [-0.15, -0.1) is 0 Å². The highest BCUT2D eigenvalue weighted by molar-refractivity contribution is 5.11. The summed E-state index contributed by atoms with van der Waals surface area (Å²) < 4.78 is 0. The summed E-state index contributed by atoms with van der Waals surface area (Å²) in [7, 11) is 0. The Balaban J connectivity index is 1.92. The minimum atomic E-state index is -0.617. The van der Waals surface area contributed by atoms with Gasteiger partial charge in [0.25, 0.3) is 0 Å². The number of hydrogen-bond donors (Lipinski definition) is 3. The minimum absolute atomic E-state index is 0.0791. The summed E-state index contributed by atoms with van der Waals surface area (Å²) in [5.74, 6) is 0.741. The predicted octanol–water partition coefficient (Wildman–Crippen LogP) is 7.12. The molecule has 0 spiro atoms. The van der Waals surface area contributed by atoms with Gasteiger partial charge in [0, 0.05) is 0 Å². The van der Waals surface area contributed by atoms with E-state index in [1.54, 1.807) is 0 Å². The molecule has 3 heteroatoms. The van der Waals surface area contributed by atoms with Crippen LogP contribution in [0.5, 0.6) is 0 Å². The third kappa shape index (κ3) is 7.05. The first kappa shape index (κ1) is 28.3. The summed E-state index contributed by atoms with van der Waals surface area (Å²) in [5, 5.41) is 31.1. The molecule has 0 aromatic carbocycles. The Morgan fingerprint density at radius 3 is 1.94 bits per heavy atom. The minimum Gasteiger partial charge on any atom is -0.393 e. The standard InChI is InChI=1S/C30H52O3/c1-22(13-9-15-24(3)21-31)11-8-12-23(2)14-10-16-26-29(6)19-18-27(32)28(4,5)25(29)17-20-30(26,7)33/h11,14-15,25-27,31-33H,8-10,12-13,16-21H2,1-7H3/b22-11+,23-14+,24-15+/t25-,26+,27-,29+,30+/m0/s1. The van der Waals surface area contributed by atoms with Gasteiger partial charge in [0.2, 0.25) is 0 Å². The molecule has 0 bridgehead atoms. The topological polar surface area (TPSA) is 60.7 Å². The highest BCUT2D eigenvalue weighted by atomic mass is 16.3. The zero-order chi connectivity index (χ0) is 24.9. The average Bonchev–Trinajstić information content (AvgIpc) is 2.72. The molecular weight excluding hydrogens is 408 g/mol. The normalized spacial score (nSPS) is 35.5. The molecule has 2 fully saturated rings. The molecule has 3 nitrogen and oxygen atoms in total. The fourth-order valence-corrected chi connectivity index (χ4v) is 7.01. The Bertz CT molecular complexity index is 727. The van der Waals surface area contributed by atoms with Gasteiger partial charge >= 0.3 is 0 Å². The van der Waals surface area contributed by atoms with Crippen LogP contribution in [0.25, 0.3) is 0 Å². The van der Waals surface area contributed by atoms with Crippen molar-refractivity contribution in [3.05, 3.63) is 34.9 Å². The van der Waals surface area contributed by atoms with Gasteiger partial charge in [0.05, 0.1) is 18.3 Å². The van der Waals surface area contributed by atoms with Gasteiger partial charge in [-0.2, -0.15) is 0 Å². The average molecular weight is 461 g/mol. The lowest BCUT2D eigenvalue weighted by atomic mass is 9.44. The fraction of sp³-hybridized carbons (Fsp3) is 0.800. The summed E-state index contributed by atoms with van der Waals surface area (Å²) in [6.45, 7) is 15.5. The molecule has 2 rings (SSSR count). The van der Waals surface area contributed by atoms with Crippen LogP contribution in [0.3, 0.4) is 0 Å². The lowest BCUT2D eigenvalue weighted by Gasteiger charge is -2.62. The Morgan fingerprint density at radius 2 is 1.36 bits per heavy atom. The van der Waals surface area contributed by atoms with Crippen molar-refractivity contribution in [2.45, 2.75) is 124 Å². The first-order valence-corrected chi connectivity index (χ1v) is 13.3. The second kappa shape index (κ2) is 11.7. The van der Waals surface area contributed by atoms with Crippen molar-refractivity contribution in [2.75, 3.05) is 6.61 Å². The maximum absolute atomic E-state index is 11.4. The lowest BCUT2D eigenvalue weighted by molar-refractivity contribution is -0.195. The van der Waals surface area contributed by atoms with Crippen molar-refractivity contribution >= 4 is 0 Å². The molecule has 2 aliphatic carbocycles. The van der Waals surface area contributed by atoms with Crippen LogP contribution in [-0.4, -0.2) is 33.6 Å². The SMILES string of the molecule is C/C(=C\CC/C(C)=C/CC/C(C)=C/CC[C@@H]1[C@]2(C)CC[C@H](O)C(C)(C)[C@@H]2CC[C@@]1(C)O)CO. The molecule has 0 aliphatic heterocycles. The highest BCUT2D eigenvalue weighted by Crippen LogP contribution is 2.62. The van der Waals surface area contributed by atoms with Crippen molar-refractivity contribution in [3.8, 4) is 0 Å². The first-order valence-electron chi connectivity index (χ1n) is 13.3. The monoisotopic (exact) mass is 460 g/mol. The second-order valence-corrected chi connectivity index (χ2v) is 12.3. The van der Waals surface area contributed by atoms with Gasteiger partial charge in [0.1, 0.15) is 0 Å². The molecule has 2 aliphatic rings. The summed E-state index contributed by atoms with van der Waals surface area (Å²) >= 11 is 0. The maximum Gasteiger partial charge on any atom is 0.0653 e. The number of aliphatic hydroxyl groups is 3. The molecule has 0 unspecified atom stereocenters. The van der Waals surface area contributed by atoms with Crippen molar-refractivity contribution in [3.63, 3.8) is 0 Å². The number of rotatable bonds is 10. The van der Waals surface area contributed by atoms with E-state index in [-0.39, 0.29) is 29.5 Å². The smallest absolute Gasteiger partial charge is 0.0653 e. The van der Waals surface area contributed by atoms with E-state index in [0.29, 0.717) is 5.92 Å². The summed E-state index contributed by atoms with van der Waals surface area (Å²) in [4.78, 5) is 0. The molecule has 0 heterocycles. The molecule has 0 aromatic heterocycles. The molecule has 0 radical (unpaired) electrons. The Kier molecular flexibility index (Phi) is 10.0. The van der Waals surface area contributed by atoms with Crippen LogP contribution >= 0.6 is 0 Å². The molecule has 33 heavy (non-hydrogen) atoms. The van der Waals surface area contributed by atoms with E-state index in [0.717, 1.165) is 69.8 Å². The molecule has 2 saturated carbocycles. The third-order valence-electron chi connectivity index (χ3n) is 9.26. The predicted molar refractivity (Wildman–Crippen MR) is 140 cm³/mol. The summed E-state index contributed by atoms with van der Waals surface area (Å²) in [6, 6.07) is 0. The van der Waals surface area contributed by atoms with E-state index in [9.17, 15) is 10.2 Å². The number of allylic oxidation sites excluding steroid dienone is 5. The van der Waals surface area contributed by atoms with Crippen LogP contribution in [0.1, 0.15) is 113 Å². The fourth-order valence-electron chi connectivity index (χ4n) is 7.01. The molecule has 0 amide bonds. The van der Waals surface area contributed by atoms with Gasteiger partial charge in [-0.3, -0.25) is 0 Å². The number of hydrogen-bond acceptors (Lipinski definition) is 3. The maximum atomic E-state index is 11.4. The zero-order valence-electron chi connectivity index (χ0n) is 22.6. The number of fused-ring (bicyclic) bond motifs is 1. The van der Waals surface area contributed by atoms with Crippen LogP contribution in [0.4, 0.5) is 0 Å². The van der Waals surface area contributed by atoms with E-state index in [1.807, 2.05) is 6.92 Å². The molecular formula is C30H52O3. The van der Waals surface area contributed by atoms with Gasteiger partial charge in [0.15, 0.2) is 0 Å². The Hall–Kier alpha value is -0.900. The van der Waals surface area contributed by atoms with Crippen molar-refractivity contribution < 1.29 is 15.3 Å². The quantitative estimate of drug-likeness (QED) is 0.304. The second-order valence-electron chi connectivity index (χ2n) is 12.3. The summed E-state index contributed by atoms with van der Waals surface area (Å²) in [6.07, 6.45) is 16.6. The molecule has 3 N–H and O–H groups in total. The van der Waals surface area contributed by atoms with Crippen molar-refractivity contribution in [2.24, 2.45) is 22.7 Å². The summed E-state index contributed by atoms with van der Waals surface area (Å²) in [5.41, 5.74) is 3.30. The molecule has 0 aromatic rings. The van der Waals surface area contributed by atoms with E-state index < -0.39 is 5.60 Å². The van der Waals surface area contributed by atoms with Crippen LogP contribution in [-0.2, 0) is 0 Å². The zero-order valence-corrected chi connectivity index (χ0v) is 22.6. The van der Waals surface area contributed by atoms with Crippen molar-refractivity contribution in [1.82, 2.24) is 0 Å². The molecule has 5 atom stereocenters. The first-order chi connectivity index (χ1) is 15.3. The third-order valence-corrected chi connectivity index (χ3v) is 9.26. The van der Waals surface area contributed by atoms with E-state index in [2.05, 4.69) is 59.8 Å². The van der Waals surface area contributed by atoms with Crippen molar-refractivity contribution in [1.29, 1.82) is 0 Å². The van der Waals surface area contributed by atoms with Crippen LogP contribution in [0.2, 0.25) is 0 Å². The van der Waals surface area contributed by atoms with Gasteiger partial charge in [-0.25, -0.2) is 0 Å². The Morgan fingerprint density at radius 1 is 0.818 bits per heavy atom. The Labute approximate surface area is 204 Å².